The van der Waals surface area contributed by atoms with Gasteiger partial charge in [0.2, 0.25) is 0 Å². The minimum absolute atomic E-state index is 0.705. The summed E-state index contributed by atoms with van der Waals surface area (Å²) in [5.74, 6) is 0.930. The van der Waals surface area contributed by atoms with E-state index in [1.165, 1.54) is 22.3 Å². The third-order valence-corrected chi connectivity index (χ3v) is 3.53. The van der Waals surface area contributed by atoms with Gasteiger partial charge in [0.15, 0.2) is 0 Å². The molecule has 0 saturated carbocycles. The minimum atomic E-state index is 0.705. The van der Waals surface area contributed by atoms with E-state index in [1.54, 1.807) is 0 Å². The van der Waals surface area contributed by atoms with Gasteiger partial charge in [0.25, 0.3) is 0 Å². The molecule has 0 aliphatic carbocycles. The number of aryl methyl sites for hydroxylation is 1. The van der Waals surface area contributed by atoms with Gasteiger partial charge in [-0.3, -0.25) is 0 Å². The van der Waals surface area contributed by atoms with Gasteiger partial charge in [-0.1, -0.05) is 31.2 Å². The summed E-state index contributed by atoms with van der Waals surface area (Å²) < 4.78 is 5.51. The molecule has 0 aliphatic rings. The van der Waals surface area contributed by atoms with E-state index in [4.69, 9.17) is 4.74 Å². The molecule has 2 rings (SSSR count). The van der Waals surface area contributed by atoms with Crippen molar-refractivity contribution in [2.45, 2.75) is 33.7 Å². The fourth-order valence-electron chi connectivity index (χ4n) is 2.40. The molecule has 0 unspecified atom stereocenters. The second-order valence-electron chi connectivity index (χ2n) is 5.28. The van der Waals surface area contributed by atoms with Crippen molar-refractivity contribution in [2.24, 2.45) is 0 Å². The van der Waals surface area contributed by atoms with Gasteiger partial charge in [0.05, 0.1) is 6.61 Å². The fraction of sp³-hybridized carbons (Fsp3) is 0.368. The van der Waals surface area contributed by atoms with E-state index < -0.39 is 0 Å². The standard InChI is InChI=1S/C19H25NO/c1-4-12-20-14-16-7-6-15(3)19(13-16)17-8-10-18(11-9-17)21-5-2/h6-11,13,20H,4-5,12,14H2,1-3H3. The van der Waals surface area contributed by atoms with Crippen LogP contribution in [-0.4, -0.2) is 13.2 Å². The lowest BCUT2D eigenvalue weighted by molar-refractivity contribution is 0.340. The molecule has 2 aromatic carbocycles. The predicted octanol–water partition coefficient (Wildman–Crippen LogP) is 4.56. The molecule has 0 radical (unpaired) electrons. The average molecular weight is 283 g/mol. The molecule has 2 nitrogen and oxygen atoms in total. The van der Waals surface area contributed by atoms with E-state index in [1.807, 2.05) is 19.1 Å². The average Bonchev–Trinajstić information content (AvgIpc) is 2.50. The third-order valence-electron chi connectivity index (χ3n) is 3.53. The van der Waals surface area contributed by atoms with Gasteiger partial charge in [-0.2, -0.15) is 0 Å². The molecule has 0 fully saturated rings. The normalized spacial score (nSPS) is 10.6. The quantitative estimate of drug-likeness (QED) is 0.752. The molecular formula is C19H25NO. The Kier molecular flexibility index (Phi) is 5.82. The molecular weight excluding hydrogens is 258 g/mol. The smallest absolute Gasteiger partial charge is 0.119 e. The number of benzene rings is 2. The highest BCUT2D eigenvalue weighted by molar-refractivity contribution is 5.68. The summed E-state index contributed by atoms with van der Waals surface area (Å²) in [6, 6.07) is 15.0. The van der Waals surface area contributed by atoms with Gasteiger partial charge in [-0.05, 0) is 67.3 Å². The lowest BCUT2D eigenvalue weighted by Gasteiger charge is -2.11. The van der Waals surface area contributed by atoms with Gasteiger partial charge in [-0.15, -0.1) is 0 Å². The van der Waals surface area contributed by atoms with Crippen LogP contribution in [0.15, 0.2) is 42.5 Å². The van der Waals surface area contributed by atoms with Crippen molar-refractivity contribution in [1.82, 2.24) is 5.32 Å². The zero-order valence-corrected chi connectivity index (χ0v) is 13.3. The molecule has 0 saturated heterocycles. The van der Waals surface area contributed by atoms with Crippen LogP contribution >= 0.6 is 0 Å². The molecule has 2 aromatic rings. The van der Waals surface area contributed by atoms with Crippen molar-refractivity contribution < 1.29 is 4.74 Å². The van der Waals surface area contributed by atoms with Crippen LogP contribution in [0.25, 0.3) is 11.1 Å². The summed E-state index contributed by atoms with van der Waals surface area (Å²) in [5, 5.41) is 3.46. The van der Waals surface area contributed by atoms with Crippen LogP contribution in [0.5, 0.6) is 5.75 Å². The monoisotopic (exact) mass is 283 g/mol. The van der Waals surface area contributed by atoms with E-state index in [9.17, 15) is 0 Å². The Hall–Kier alpha value is -1.80. The molecule has 0 aromatic heterocycles. The summed E-state index contributed by atoms with van der Waals surface area (Å²) in [6.07, 6.45) is 1.16. The Morgan fingerprint density at radius 1 is 1.00 bits per heavy atom. The van der Waals surface area contributed by atoms with E-state index >= 15 is 0 Å². The summed E-state index contributed by atoms with van der Waals surface area (Å²) in [5.41, 5.74) is 5.18. The van der Waals surface area contributed by atoms with Crippen LogP contribution in [0.4, 0.5) is 0 Å². The van der Waals surface area contributed by atoms with Crippen molar-refractivity contribution in [2.75, 3.05) is 13.2 Å². The summed E-state index contributed by atoms with van der Waals surface area (Å²) in [4.78, 5) is 0. The van der Waals surface area contributed by atoms with E-state index in [2.05, 4.69) is 49.5 Å². The van der Waals surface area contributed by atoms with Crippen molar-refractivity contribution in [3.8, 4) is 16.9 Å². The Morgan fingerprint density at radius 3 is 2.43 bits per heavy atom. The van der Waals surface area contributed by atoms with Gasteiger partial charge in [0.1, 0.15) is 5.75 Å². The summed E-state index contributed by atoms with van der Waals surface area (Å²) in [7, 11) is 0. The first kappa shape index (κ1) is 15.6. The van der Waals surface area contributed by atoms with E-state index in [0.29, 0.717) is 6.61 Å². The Labute approximate surface area is 128 Å². The maximum atomic E-state index is 5.51. The first-order valence-electron chi connectivity index (χ1n) is 7.78. The molecule has 1 N–H and O–H groups in total. The molecule has 0 aliphatic heterocycles. The SMILES string of the molecule is CCCNCc1ccc(C)c(-c2ccc(OCC)cc2)c1. The molecule has 0 amide bonds. The summed E-state index contributed by atoms with van der Waals surface area (Å²) >= 11 is 0. The molecule has 0 spiro atoms. The number of ether oxygens (including phenoxy) is 1. The first-order valence-corrected chi connectivity index (χ1v) is 7.78. The highest BCUT2D eigenvalue weighted by Crippen LogP contribution is 2.26. The van der Waals surface area contributed by atoms with Crippen molar-refractivity contribution in [3.63, 3.8) is 0 Å². The van der Waals surface area contributed by atoms with Crippen LogP contribution in [0.1, 0.15) is 31.4 Å². The number of hydrogen-bond donors (Lipinski definition) is 1. The molecule has 21 heavy (non-hydrogen) atoms. The third kappa shape index (κ3) is 4.33. The van der Waals surface area contributed by atoms with Crippen molar-refractivity contribution >= 4 is 0 Å². The van der Waals surface area contributed by atoms with Crippen LogP contribution < -0.4 is 10.1 Å². The molecule has 0 bridgehead atoms. The van der Waals surface area contributed by atoms with Crippen molar-refractivity contribution in [1.29, 1.82) is 0 Å². The predicted molar refractivity (Wildman–Crippen MR) is 89.8 cm³/mol. The topological polar surface area (TPSA) is 21.3 Å². The Bertz CT molecular complexity index is 560. The highest BCUT2D eigenvalue weighted by atomic mass is 16.5. The van der Waals surface area contributed by atoms with E-state index in [-0.39, 0.29) is 0 Å². The van der Waals surface area contributed by atoms with Crippen LogP contribution in [-0.2, 0) is 6.54 Å². The summed E-state index contributed by atoms with van der Waals surface area (Å²) in [6.45, 7) is 9.05. The zero-order valence-electron chi connectivity index (χ0n) is 13.3. The first-order chi connectivity index (χ1) is 10.2. The largest absolute Gasteiger partial charge is 0.494 e. The second kappa shape index (κ2) is 7.84. The lowest BCUT2D eigenvalue weighted by atomic mass is 9.98. The van der Waals surface area contributed by atoms with Gasteiger partial charge in [0, 0.05) is 6.54 Å². The molecule has 0 atom stereocenters. The van der Waals surface area contributed by atoms with E-state index in [0.717, 1.165) is 25.3 Å². The molecule has 112 valence electrons. The zero-order chi connectivity index (χ0) is 15.1. The molecule has 2 heteroatoms. The second-order valence-corrected chi connectivity index (χ2v) is 5.28. The number of hydrogen-bond acceptors (Lipinski definition) is 2. The van der Waals surface area contributed by atoms with Crippen LogP contribution in [0.2, 0.25) is 0 Å². The van der Waals surface area contributed by atoms with Crippen LogP contribution in [0.3, 0.4) is 0 Å². The van der Waals surface area contributed by atoms with Gasteiger partial charge in [-0.25, -0.2) is 0 Å². The number of nitrogens with one attached hydrogen (secondary N) is 1. The van der Waals surface area contributed by atoms with Gasteiger partial charge < -0.3 is 10.1 Å². The fourth-order valence-corrected chi connectivity index (χ4v) is 2.40. The van der Waals surface area contributed by atoms with Gasteiger partial charge >= 0.3 is 0 Å². The molecule has 0 heterocycles. The lowest BCUT2D eigenvalue weighted by Crippen LogP contribution is -2.13. The van der Waals surface area contributed by atoms with Crippen molar-refractivity contribution in [3.05, 3.63) is 53.6 Å². The maximum Gasteiger partial charge on any atom is 0.119 e. The Morgan fingerprint density at radius 2 is 1.76 bits per heavy atom. The maximum absolute atomic E-state index is 5.51. The Balaban J connectivity index is 2.19. The number of rotatable bonds is 7. The minimum Gasteiger partial charge on any atom is -0.494 e. The highest BCUT2D eigenvalue weighted by Gasteiger charge is 2.04. The van der Waals surface area contributed by atoms with Crippen LogP contribution in [0, 0.1) is 6.92 Å².